The monoisotopic (exact) mass is 748 g/mol. The molecule has 3 heteroatoms. The average Bonchev–Trinajstić information content (AvgIpc) is 3.68. The molecule has 1 N–H and O–H groups in total. The van der Waals surface area contributed by atoms with Crippen molar-refractivity contribution < 1.29 is 4.74 Å². The number of nitrogens with zero attached hydrogens (tertiary/aromatic N) is 1. The number of nitrogens with one attached hydrogen (secondary N) is 1. The summed E-state index contributed by atoms with van der Waals surface area (Å²) in [6.07, 6.45) is 39.2. The lowest BCUT2D eigenvalue weighted by atomic mass is 9.65. The first kappa shape index (κ1) is 35.3. The number of ether oxygens (including phenoxy) is 1. The number of rotatable bonds is 6. The largest absolute Gasteiger partial charge is 0.485 e. The zero-order chi connectivity index (χ0) is 37.7. The van der Waals surface area contributed by atoms with Crippen LogP contribution < -0.4 is 10.1 Å². The molecule has 0 spiro atoms. The third-order valence-electron chi connectivity index (χ3n) is 15.0. The van der Waals surface area contributed by atoms with Crippen LogP contribution in [0, 0.1) is 29.6 Å². The lowest BCUT2D eigenvalue weighted by Gasteiger charge is -2.39. The molecule has 3 aromatic rings. The smallest absolute Gasteiger partial charge is 0.133 e. The van der Waals surface area contributed by atoms with Crippen LogP contribution in [0.25, 0.3) is 5.57 Å². The van der Waals surface area contributed by atoms with Gasteiger partial charge >= 0.3 is 0 Å². The number of fused-ring (bicyclic) bond motifs is 5. The first-order valence-electron chi connectivity index (χ1n) is 22.4. The highest BCUT2D eigenvalue weighted by atomic mass is 16.5. The molecule has 0 aromatic heterocycles. The summed E-state index contributed by atoms with van der Waals surface area (Å²) >= 11 is 0. The fraction of sp³-hybridized carbons (Fsp3) is 0.389. The van der Waals surface area contributed by atoms with Gasteiger partial charge in [0, 0.05) is 40.5 Å². The summed E-state index contributed by atoms with van der Waals surface area (Å²) in [4.78, 5) is 5.48. The van der Waals surface area contributed by atoms with Crippen LogP contribution in [0.3, 0.4) is 0 Å². The standard InChI is InChI=1S/C54H56N2O/c1-2-12-38(13-3-1)49-34-50(56-54(55-49)42-16-10-15-40(32-42)48-33-41-14-4-5-17-43(41)45-18-6-7-19-46(45)48)39-30-26-36(27-31-39)35-24-28-37(29-25-35)44-21-11-23-52-53(44)47-20-8-9-22-51(47)57-52/h2,6-12,15-16,18-20,22-23,26-27,30-35,37-38,44-46,50,52-53H,1,3-5,13-14,17,21,24-25,28-29H2,(H,55,56). The molecule has 2 heterocycles. The Balaban J connectivity index is 0.838. The summed E-state index contributed by atoms with van der Waals surface area (Å²) in [5.74, 6) is 6.00. The van der Waals surface area contributed by atoms with Gasteiger partial charge in [0.2, 0.25) is 0 Å². The van der Waals surface area contributed by atoms with E-state index in [1.54, 1.807) is 11.1 Å². The molecule has 3 aromatic carbocycles. The first-order valence-corrected chi connectivity index (χ1v) is 22.4. The Morgan fingerprint density at radius 3 is 2.40 bits per heavy atom. The average molecular weight is 749 g/mol. The van der Waals surface area contributed by atoms with Gasteiger partial charge in [-0.2, -0.15) is 0 Å². The summed E-state index contributed by atoms with van der Waals surface area (Å²) in [6.45, 7) is 0. The first-order chi connectivity index (χ1) is 28.2. The van der Waals surface area contributed by atoms with E-state index in [9.17, 15) is 0 Å². The number of amidine groups is 1. The minimum atomic E-state index is -0.0107. The van der Waals surface area contributed by atoms with E-state index in [2.05, 4.69) is 139 Å². The molecule has 0 bridgehead atoms. The molecule has 1 saturated carbocycles. The van der Waals surface area contributed by atoms with E-state index in [4.69, 9.17) is 9.73 Å². The highest BCUT2D eigenvalue weighted by Gasteiger charge is 2.43. The van der Waals surface area contributed by atoms with Crippen molar-refractivity contribution in [2.45, 2.75) is 101 Å². The zero-order valence-corrected chi connectivity index (χ0v) is 33.2. The van der Waals surface area contributed by atoms with Gasteiger partial charge in [-0.15, -0.1) is 0 Å². The normalized spacial score (nSPS) is 32.5. The second-order valence-corrected chi connectivity index (χ2v) is 18.1. The second kappa shape index (κ2) is 15.1. The van der Waals surface area contributed by atoms with Crippen molar-refractivity contribution in [2.24, 2.45) is 34.6 Å². The maximum atomic E-state index is 6.40. The second-order valence-electron chi connectivity index (χ2n) is 18.1. The van der Waals surface area contributed by atoms with Crippen molar-refractivity contribution in [3.8, 4) is 5.75 Å². The van der Waals surface area contributed by atoms with E-state index in [1.165, 1.54) is 116 Å². The van der Waals surface area contributed by atoms with E-state index in [-0.39, 0.29) is 12.1 Å². The third-order valence-corrected chi connectivity index (χ3v) is 15.0. The molecule has 0 saturated heterocycles. The molecule has 0 radical (unpaired) electrons. The van der Waals surface area contributed by atoms with Crippen LogP contribution in [0.5, 0.6) is 5.75 Å². The summed E-state index contributed by atoms with van der Waals surface area (Å²) in [6, 6.07) is 27.6. The molecule has 11 rings (SSSR count). The Hall–Kier alpha value is -4.89. The number of allylic oxidation sites excluding steroid dienone is 11. The van der Waals surface area contributed by atoms with E-state index < -0.39 is 0 Å². The topological polar surface area (TPSA) is 33.6 Å². The number of para-hydroxylation sites is 1. The van der Waals surface area contributed by atoms with Crippen molar-refractivity contribution in [1.82, 2.24) is 5.32 Å². The van der Waals surface area contributed by atoms with Gasteiger partial charge < -0.3 is 10.1 Å². The summed E-state index contributed by atoms with van der Waals surface area (Å²) in [7, 11) is 0. The van der Waals surface area contributed by atoms with E-state index >= 15 is 0 Å². The minimum absolute atomic E-state index is 0.0107. The summed E-state index contributed by atoms with van der Waals surface area (Å²) < 4.78 is 6.40. The van der Waals surface area contributed by atoms with E-state index in [0.29, 0.717) is 35.5 Å². The van der Waals surface area contributed by atoms with Crippen LogP contribution in [0.1, 0.15) is 123 Å². The Kier molecular flexibility index (Phi) is 9.36. The lowest BCUT2D eigenvalue weighted by molar-refractivity contribution is 0.144. The van der Waals surface area contributed by atoms with Crippen LogP contribution >= 0.6 is 0 Å². The van der Waals surface area contributed by atoms with Crippen molar-refractivity contribution in [1.29, 1.82) is 0 Å². The Morgan fingerprint density at radius 2 is 1.53 bits per heavy atom. The van der Waals surface area contributed by atoms with Crippen molar-refractivity contribution in [3.63, 3.8) is 0 Å². The summed E-state index contributed by atoms with van der Waals surface area (Å²) in [5.41, 5.74) is 12.8. The van der Waals surface area contributed by atoms with Crippen molar-refractivity contribution in [2.75, 3.05) is 0 Å². The van der Waals surface area contributed by atoms with Gasteiger partial charge in [-0.1, -0.05) is 115 Å². The Bertz CT molecular complexity index is 2270. The molecular formula is C54H56N2O. The molecular weight excluding hydrogens is 693 g/mol. The maximum absolute atomic E-state index is 6.40. The molecule has 6 aliphatic carbocycles. The lowest BCUT2D eigenvalue weighted by Crippen LogP contribution is -2.33. The van der Waals surface area contributed by atoms with Gasteiger partial charge in [0.1, 0.15) is 17.7 Å². The Labute approximate surface area is 339 Å². The van der Waals surface area contributed by atoms with E-state index in [1.807, 2.05) is 0 Å². The highest BCUT2D eigenvalue weighted by molar-refractivity contribution is 6.01. The molecule has 3 nitrogen and oxygen atoms in total. The van der Waals surface area contributed by atoms with Crippen LogP contribution in [-0.2, 0) is 0 Å². The van der Waals surface area contributed by atoms with Gasteiger partial charge in [0.15, 0.2) is 0 Å². The molecule has 0 amide bonds. The summed E-state index contributed by atoms with van der Waals surface area (Å²) in [5, 5.41) is 3.88. The minimum Gasteiger partial charge on any atom is -0.485 e. The van der Waals surface area contributed by atoms with Crippen LogP contribution in [0.2, 0.25) is 0 Å². The molecule has 7 atom stereocenters. The van der Waals surface area contributed by atoms with Crippen LogP contribution in [0.15, 0.2) is 155 Å². The predicted octanol–water partition coefficient (Wildman–Crippen LogP) is 13.0. The van der Waals surface area contributed by atoms with Crippen molar-refractivity contribution >= 4 is 11.4 Å². The van der Waals surface area contributed by atoms with Gasteiger partial charge in [-0.25, -0.2) is 0 Å². The Morgan fingerprint density at radius 1 is 0.702 bits per heavy atom. The van der Waals surface area contributed by atoms with Gasteiger partial charge in [-0.3, -0.25) is 4.99 Å². The molecule has 7 unspecified atom stereocenters. The van der Waals surface area contributed by atoms with E-state index in [0.717, 1.165) is 17.5 Å². The zero-order valence-electron chi connectivity index (χ0n) is 33.2. The molecule has 2 aliphatic heterocycles. The predicted molar refractivity (Wildman–Crippen MR) is 234 cm³/mol. The maximum Gasteiger partial charge on any atom is 0.133 e. The number of benzene rings is 3. The van der Waals surface area contributed by atoms with Crippen molar-refractivity contribution in [3.05, 3.63) is 178 Å². The molecule has 57 heavy (non-hydrogen) atoms. The quantitative estimate of drug-likeness (QED) is 0.255. The third kappa shape index (κ3) is 6.65. The number of hydrogen-bond donors (Lipinski definition) is 1. The van der Waals surface area contributed by atoms with Gasteiger partial charge in [0.25, 0.3) is 0 Å². The van der Waals surface area contributed by atoms with Crippen LogP contribution in [-0.4, -0.2) is 11.9 Å². The number of hydrogen-bond acceptors (Lipinski definition) is 3. The number of aliphatic imine (C=N–C) groups is 1. The highest BCUT2D eigenvalue weighted by Crippen LogP contribution is 2.52. The van der Waals surface area contributed by atoms with Gasteiger partial charge in [-0.05, 0) is 147 Å². The molecule has 8 aliphatic rings. The van der Waals surface area contributed by atoms with Gasteiger partial charge in [0.05, 0.1) is 6.04 Å². The molecule has 288 valence electrons. The fourth-order valence-electron chi connectivity index (χ4n) is 12.0. The van der Waals surface area contributed by atoms with Crippen LogP contribution in [0.4, 0.5) is 0 Å². The fourth-order valence-corrected chi connectivity index (χ4v) is 12.0. The SMILES string of the molecule is C1=CC2C(c3cccc(C4=NC(c5ccc(C6CCC(C7CC=CC8Oc9ccccc9C87)CC6)cc5)C=C(C5C=CCCC5)N4)c3)=CC3=C(CCCC3)C2C=C1. The molecule has 1 fully saturated rings.